The summed E-state index contributed by atoms with van der Waals surface area (Å²) in [5.74, 6) is -1.24. The van der Waals surface area contributed by atoms with Crippen LogP contribution < -0.4 is 4.74 Å². The maximum Gasteiger partial charge on any atom is 0.204 e. The molecule has 1 rings (SSSR count). The van der Waals surface area contributed by atoms with Crippen LogP contribution in [0.15, 0.2) is 6.07 Å². The Balaban J connectivity index is 3.54. The third-order valence-corrected chi connectivity index (χ3v) is 1.75. The molecule has 0 spiro atoms. The number of benzene rings is 1. The lowest BCUT2D eigenvalue weighted by atomic mass is 10.1. The topological polar surface area (TPSA) is 83.8 Å². The number of hydrogen-bond acceptors (Lipinski definition) is 5. The Morgan fingerprint density at radius 1 is 1.14 bits per heavy atom. The Morgan fingerprint density at radius 3 is 1.86 bits per heavy atom. The number of aromatic hydroxyl groups is 2. The van der Waals surface area contributed by atoms with Gasteiger partial charge in [0.15, 0.2) is 24.1 Å². The highest BCUT2D eigenvalue weighted by atomic mass is 16.5. The van der Waals surface area contributed by atoms with Crippen molar-refractivity contribution in [1.82, 2.24) is 0 Å². The van der Waals surface area contributed by atoms with Crippen LogP contribution in [0.25, 0.3) is 0 Å². The molecule has 0 bridgehead atoms. The van der Waals surface area contributed by atoms with Crippen molar-refractivity contribution in [3.8, 4) is 17.2 Å². The Kier molecular flexibility index (Phi) is 2.71. The number of phenolic OH excluding ortho intramolecular Hbond substituents is 2. The first-order chi connectivity index (χ1) is 6.65. The molecule has 0 fully saturated rings. The van der Waals surface area contributed by atoms with Crippen LogP contribution in [0.4, 0.5) is 0 Å². The highest BCUT2D eigenvalue weighted by molar-refractivity contribution is 5.90. The molecule has 0 aliphatic heterocycles. The molecule has 5 nitrogen and oxygen atoms in total. The van der Waals surface area contributed by atoms with Gasteiger partial charge >= 0.3 is 0 Å². The molecular formula is C9H8O5. The molecule has 0 unspecified atom stereocenters. The Hall–Kier alpha value is -2.04. The van der Waals surface area contributed by atoms with Gasteiger partial charge in [0, 0.05) is 0 Å². The van der Waals surface area contributed by atoms with Gasteiger partial charge in [-0.25, -0.2) is 0 Å². The zero-order valence-corrected chi connectivity index (χ0v) is 7.35. The van der Waals surface area contributed by atoms with E-state index in [-0.39, 0.29) is 16.9 Å². The van der Waals surface area contributed by atoms with E-state index in [9.17, 15) is 19.8 Å². The predicted molar refractivity (Wildman–Crippen MR) is 47.1 cm³/mol. The summed E-state index contributed by atoms with van der Waals surface area (Å²) in [6.07, 6.45) is 0.731. The minimum absolute atomic E-state index is 0.109. The Morgan fingerprint density at radius 2 is 1.57 bits per heavy atom. The van der Waals surface area contributed by atoms with E-state index >= 15 is 0 Å². The SMILES string of the molecule is COc1c(O)c(C=O)cc(C=O)c1O. The molecule has 0 aromatic heterocycles. The molecule has 0 aliphatic rings. The van der Waals surface area contributed by atoms with Gasteiger partial charge in [0.05, 0.1) is 18.2 Å². The van der Waals surface area contributed by atoms with E-state index in [1.165, 1.54) is 7.11 Å². The van der Waals surface area contributed by atoms with E-state index in [1.54, 1.807) is 0 Å². The van der Waals surface area contributed by atoms with E-state index in [2.05, 4.69) is 4.74 Å². The van der Waals surface area contributed by atoms with Gasteiger partial charge in [-0.1, -0.05) is 0 Å². The van der Waals surface area contributed by atoms with Crippen molar-refractivity contribution >= 4 is 12.6 Å². The maximum atomic E-state index is 10.5. The maximum absolute atomic E-state index is 10.5. The van der Waals surface area contributed by atoms with E-state index in [0.717, 1.165) is 6.07 Å². The third kappa shape index (κ3) is 1.39. The van der Waals surface area contributed by atoms with Crippen molar-refractivity contribution in [3.63, 3.8) is 0 Å². The van der Waals surface area contributed by atoms with Crippen LogP contribution in [0.2, 0.25) is 0 Å². The molecular weight excluding hydrogens is 188 g/mol. The number of hydrogen-bond donors (Lipinski definition) is 2. The van der Waals surface area contributed by atoms with Gasteiger partial charge in [0.1, 0.15) is 0 Å². The van der Waals surface area contributed by atoms with Gasteiger partial charge in [-0.05, 0) is 6.07 Å². The largest absolute Gasteiger partial charge is 0.504 e. The Labute approximate surface area is 79.6 Å². The van der Waals surface area contributed by atoms with E-state index in [0.29, 0.717) is 12.6 Å². The number of ether oxygens (including phenoxy) is 1. The molecule has 1 aromatic carbocycles. The lowest BCUT2D eigenvalue weighted by Crippen LogP contribution is -1.93. The first-order valence-electron chi connectivity index (χ1n) is 3.69. The zero-order valence-electron chi connectivity index (χ0n) is 7.35. The molecule has 0 radical (unpaired) electrons. The summed E-state index contributed by atoms with van der Waals surface area (Å²) in [5.41, 5.74) is -0.219. The molecule has 74 valence electrons. The average molecular weight is 196 g/mol. The van der Waals surface area contributed by atoms with E-state index in [1.807, 2.05) is 0 Å². The van der Waals surface area contributed by atoms with Gasteiger partial charge in [0.2, 0.25) is 5.75 Å². The van der Waals surface area contributed by atoms with Crippen LogP contribution in [-0.2, 0) is 0 Å². The second-order valence-electron chi connectivity index (χ2n) is 2.52. The second-order valence-corrected chi connectivity index (χ2v) is 2.52. The fourth-order valence-corrected chi connectivity index (χ4v) is 1.05. The van der Waals surface area contributed by atoms with Crippen molar-refractivity contribution in [2.24, 2.45) is 0 Å². The van der Waals surface area contributed by atoms with Gasteiger partial charge in [-0.3, -0.25) is 9.59 Å². The van der Waals surface area contributed by atoms with Crippen molar-refractivity contribution in [3.05, 3.63) is 17.2 Å². The van der Waals surface area contributed by atoms with Crippen molar-refractivity contribution in [2.75, 3.05) is 7.11 Å². The molecule has 1 aromatic rings. The quantitative estimate of drug-likeness (QED) is 0.696. The van der Waals surface area contributed by atoms with Crippen LogP contribution >= 0.6 is 0 Å². The highest BCUT2D eigenvalue weighted by Crippen LogP contribution is 2.39. The summed E-state index contributed by atoms with van der Waals surface area (Å²) in [5, 5.41) is 18.7. The lowest BCUT2D eigenvalue weighted by molar-refractivity contribution is 0.111. The van der Waals surface area contributed by atoms with Crippen LogP contribution in [0.1, 0.15) is 20.7 Å². The monoisotopic (exact) mass is 196 g/mol. The lowest BCUT2D eigenvalue weighted by Gasteiger charge is -2.08. The molecule has 2 N–H and O–H groups in total. The second kappa shape index (κ2) is 3.78. The number of rotatable bonds is 3. The summed E-state index contributed by atoms with van der Waals surface area (Å²) in [7, 11) is 1.21. The summed E-state index contributed by atoms with van der Waals surface area (Å²) in [6.45, 7) is 0. The number of phenols is 2. The normalized spacial score (nSPS) is 9.50. The number of methoxy groups -OCH3 is 1. The summed E-state index contributed by atoms with van der Waals surface area (Å²) >= 11 is 0. The van der Waals surface area contributed by atoms with Gasteiger partial charge in [-0.15, -0.1) is 0 Å². The fraction of sp³-hybridized carbons (Fsp3) is 0.111. The van der Waals surface area contributed by atoms with Crippen molar-refractivity contribution in [1.29, 1.82) is 0 Å². The third-order valence-electron chi connectivity index (χ3n) is 1.75. The van der Waals surface area contributed by atoms with Crippen LogP contribution in [-0.4, -0.2) is 29.9 Å². The summed E-state index contributed by atoms with van der Waals surface area (Å²) in [6, 6.07) is 1.08. The van der Waals surface area contributed by atoms with Crippen molar-refractivity contribution in [2.45, 2.75) is 0 Å². The van der Waals surface area contributed by atoms with Crippen LogP contribution in [0.5, 0.6) is 17.2 Å². The number of carbonyl (C=O) groups is 2. The molecule has 0 saturated heterocycles. The van der Waals surface area contributed by atoms with Gasteiger partial charge in [-0.2, -0.15) is 0 Å². The smallest absolute Gasteiger partial charge is 0.204 e. The highest BCUT2D eigenvalue weighted by Gasteiger charge is 2.16. The molecule has 0 heterocycles. The van der Waals surface area contributed by atoms with Crippen LogP contribution in [0, 0.1) is 0 Å². The minimum atomic E-state index is -0.481. The first kappa shape index (κ1) is 10.0. The molecule has 0 atom stereocenters. The fourth-order valence-electron chi connectivity index (χ4n) is 1.05. The molecule has 0 aliphatic carbocycles. The average Bonchev–Trinajstić information content (AvgIpc) is 2.19. The predicted octanol–water partition coefficient (Wildman–Crippen LogP) is 0.731. The first-order valence-corrected chi connectivity index (χ1v) is 3.69. The molecule has 14 heavy (non-hydrogen) atoms. The number of aldehydes is 2. The number of carbonyl (C=O) groups excluding carboxylic acids is 2. The van der Waals surface area contributed by atoms with E-state index in [4.69, 9.17) is 0 Å². The summed E-state index contributed by atoms with van der Waals surface area (Å²) < 4.78 is 4.64. The standard InChI is InChI=1S/C9H8O5/c1-14-9-7(12)5(3-10)2-6(4-11)8(9)13/h2-4,12-13H,1H3. The van der Waals surface area contributed by atoms with Crippen molar-refractivity contribution < 1.29 is 24.5 Å². The zero-order chi connectivity index (χ0) is 10.7. The van der Waals surface area contributed by atoms with Gasteiger partial charge < -0.3 is 14.9 Å². The molecule has 0 saturated carbocycles. The molecule has 5 heteroatoms. The van der Waals surface area contributed by atoms with E-state index < -0.39 is 11.5 Å². The van der Waals surface area contributed by atoms with Gasteiger partial charge in [0.25, 0.3) is 0 Å². The summed E-state index contributed by atoms with van der Waals surface area (Å²) in [4.78, 5) is 20.9. The Bertz CT molecular complexity index is 351. The minimum Gasteiger partial charge on any atom is -0.504 e. The van der Waals surface area contributed by atoms with Crippen LogP contribution in [0.3, 0.4) is 0 Å². The molecule has 0 amide bonds.